The van der Waals surface area contributed by atoms with Crippen LogP contribution in [0.5, 0.6) is 0 Å². The molecule has 1 aromatic heterocycles. The van der Waals surface area contributed by atoms with Crippen LogP contribution in [-0.2, 0) is 13.0 Å². The van der Waals surface area contributed by atoms with Crippen LogP contribution in [0.1, 0.15) is 21.7 Å². The number of para-hydroxylation sites is 1. The Morgan fingerprint density at radius 2 is 2.21 bits per heavy atom. The largest absolute Gasteiger partial charge is 0.320 e. The van der Waals surface area contributed by atoms with Crippen LogP contribution < -0.4 is 10.6 Å². The fourth-order valence-electron chi connectivity index (χ4n) is 2.16. The van der Waals surface area contributed by atoms with E-state index < -0.39 is 0 Å². The summed E-state index contributed by atoms with van der Waals surface area (Å²) in [5.74, 6) is -0.187. The van der Waals surface area contributed by atoms with Crippen molar-refractivity contribution in [3.8, 4) is 0 Å². The minimum absolute atomic E-state index is 0.187. The van der Waals surface area contributed by atoms with E-state index in [-0.39, 0.29) is 5.91 Å². The summed E-state index contributed by atoms with van der Waals surface area (Å²) in [4.78, 5) is 12.3. The summed E-state index contributed by atoms with van der Waals surface area (Å²) in [7, 11) is 0. The first kappa shape index (κ1) is 12.4. The van der Waals surface area contributed by atoms with Crippen molar-refractivity contribution in [1.29, 1.82) is 0 Å². The van der Waals surface area contributed by atoms with Crippen LogP contribution in [0.25, 0.3) is 0 Å². The lowest BCUT2D eigenvalue weighted by Gasteiger charge is -2.13. The van der Waals surface area contributed by atoms with E-state index >= 15 is 0 Å². The Bertz CT molecular complexity index is 623. The number of H-pyrrole nitrogens is 1. The maximum Gasteiger partial charge on any atom is 0.276 e. The molecule has 0 saturated heterocycles. The first-order chi connectivity index (χ1) is 9.25. The lowest BCUT2D eigenvalue weighted by molar-refractivity contribution is 0.102. The van der Waals surface area contributed by atoms with Crippen LogP contribution in [-0.4, -0.2) is 22.6 Å². The van der Waals surface area contributed by atoms with Gasteiger partial charge >= 0.3 is 0 Å². The lowest BCUT2D eigenvalue weighted by Crippen LogP contribution is -2.25. The second kappa shape index (κ2) is 5.14. The zero-order valence-corrected chi connectivity index (χ0v) is 11.8. The fourth-order valence-corrected chi connectivity index (χ4v) is 2.54. The number of nitrogens with one attached hydrogen (secondary N) is 3. The highest BCUT2D eigenvalue weighted by Crippen LogP contribution is 2.23. The number of rotatable bonds is 2. The Kier molecular flexibility index (Phi) is 3.35. The van der Waals surface area contributed by atoms with Crippen LogP contribution in [0.2, 0.25) is 0 Å². The molecule has 0 bridgehead atoms. The number of halogens is 1. The summed E-state index contributed by atoms with van der Waals surface area (Å²) in [6.45, 7) is 1.60. The van der Waals surface area contributed by atoms with E-state index in [0.717, 1.165) is 34.4 Å². The molecule has 19 heavy (non-hydrogen) atoms. The average Bonchev–Trinajstić information content (AvgIpc) is 2.85. The molecule has 6 heteroatoms. The van der Waals surface area contributed by atoms with Crippen molar-refractivity contribution in [3.63, 3.8) is 0 Å². The van der Waals surface area contributed by atoms with Crippen molar-refractivity contribution in [1.82, 2.24) is 15.5 Å². The fraction of sp³-hybridized carbons (Fsp3) is 0.231. The molecule has 3 N–H and O–H groups in total. The van der Waals surface area contributed by atoms with E-state index in [9.17, 15) is 4.79 Å². The van der Waals surface area contributed by atoms with Crippen LogP contribution in [0.15, 0.2) is 28.7 Å². The minimum Gasteiger partial charge on any atom is -0.320 e. The van der Waals surface area contributed by atoms with Gasteiger partial charge in [-0.1, -0.05) is 12.1 Å². The van der Waals surface area contributed by atoms with Crippen molar-refractivity contribution in [2.45, 2.75) is 13.0 Å². The number of carbonyl (C=O) groups is 1. The van der Waals surface area contributed by atoms with Gasteiger partial charge in [0.1, 0.15) is 0 Å². The molecule has 1 aliphatic rings. The molecule has 0 aliphatic carbocycles. The monoisotopic (exact) mass is 320 g/mol. The number of fused-ring (bicyclic) bond motifs is 1. The van der Waals surface area contributed by atoms with Gasteiger partial charge in [-0.3, -0.25) is 9.89 Å². The number of hydrogen-bond acceptors (Lipinski definition) is 3. The number of anilines is 1. The minimum atomic E-state index is -0.187. The van der Waals surface area contributed by atoms with Crippen molar-refractivity contribution < 1.29 is 4.79 Å². The molecule has 0 spiro atoms. The number of hydrogen-bond donors (Lipinski definition) is 3. The first-order valence-electron chi connectivity index (χ1n) is 6.08. The van der Waals surface area contributed by atoms with Gasteiger partial charge in [0.25, 0.3) is 5.91 Å². The summed E-state index contributed by atoms with van der Waals surface area (Å²) in [5.41, 5.74) is 3.23. The molecule has 0 unspecified atom stereocenters. The van der Waals surface area contributed by atoms with Crippen molar-refractivity contribution >= 4 is 27.5 Å². The standard InChI is InChI=1S/C13H13BrN4O/c14-9-3-1-2-4-11(9)16-13(19)12-8-7-15-6-5-10(8)17-18-12/h1-4,15H,5-7H2,(H,16,19)(H,17,18). The highest BCUT2D eigenvalue weighted by Gasteiger charge is 2.21. The van der Waals surface area contributed by atoms with Gasteiger partial charge in [-0.2, -0.15) is 5.10 Å². The summed E-state index contributed by atoms with van der Waals surface area (Å²) in [6.07, 6.45) is 0.880. The van der Waals surface area contributed by atoms with Gasteiger partial charge in [-0.05, 0) is 28.1 Å². The van der Waals surface area contributed by atoms with Gasteiger partial charge in [0.2, 0.25) is 0 Å². The SMILES string of the molecule is O=C(Nc1ccccc1Br)c1n[nH]c2c1CNCC2. The Hall–Kier alpha value is -1.66. The van der Waals surface area contributed by atoms with Gasteiger partial charge in [0, 0.05) is 35.2 Å². The number of aromatic amines is 1. The predicted molar refractivity (Wildman–Crippen MR) is 76.1 cm³/mol. The van der Waals surface area contributed by atoms with Crippen molar-refractivity contribution in [2.24, 2.45) is 0 Å². The Balaban J connectivity index is 1.85. The Morgan fingerprint density at radius 3 is 3.05 bits per heavy atom. The van der Waals surface area contributed by atoms with E-state index in [0.29, 0.717) is 12.2 Å². The van der Waals surface area contributed by atoms with E-state index in [2.05, 4.69) is 36.8 Å². The number of aromatic nitrogens is 2. The molecular weight excluding hydrogens is 308 g/mol. The lowest BCUT2D eigenvalue weighted by atomic mass is 10.1. The van der Waals surface area contributed by atoms with Crippen LogP contribution in [0.4, 0.5) is 5.69 Å². The Morgan fingerprint density at radius 1 is 1.37 bits per heavy atom. The highest BCUT2D eigenvalue weighted by atomic mass is 79.9. The number of benzene rings is 1. The van der Waals surface area contributed by atoms with Gasteiger partial charge in [-0.25, -0.2) is 0 Å². The number of carbonyl (C=O) groups excluding carboxylic acids is 1. The van der Waals surface area contributed by atoms with Crippen LogP contribution >= 0.6 is 15.9 Å². The smallest absolute Gasteiger partial charge is 0.276 e. The van der Waals surface area contributed by atoms with Crippen molar-refractivity contribution in [3.05, 3.63) is 45.7 Å². The zero-order chi connectivity index (χ0) is 13.2. The first-order valence-corrected chi connectivity index (χ1v) is 6.87. The normalized spacial score (nSPS) is 13.9. The van der Waals surface area contributed by atoms with Gasteiger partial charge < -0.3 is 10.6 Å². The second-order valence-electron chi connectivity index (χ2n) is 4.39. The molecule has 5 nitrogen and oxygen atoms in total. The summed E-state index contributed by atoms with van der Waals surface area (Å²) >= 11 is 3.41. The average molecular weight is 321 g/mol. The molecular formula is C13H13BrN4O. The molecule has 0 atom stereocenters. The number of nitrogens with zero attached hydrogens (tertiary/aromatic N) is 1. The van der Waals surface area contributed by atoms with Crippen LogP contribution in [0, 0.1) is 0 Å². The molecule has 0 radical (unpaired) electrons. The van der Waals surface area contributed by atoms with Gasteiger partial charge in [-0.15, -0.1) is 0 Å². The van der Waals surface area contributed by atoms with E-state index in [1.807, 2.05) is 24.3 Å². The maximum atomic E-state index is 12.3. The maximum absolute atomic E-state index is 12.3. The topological polar surface area (TPSA) is 69.8 Å². The van der Waals surface area contributed by atoms with E-state index in [1.165, 1.54) is 0 Å². The molecule has 0 fully saturated rings. The summed E-state index contributed by atoms with van der Waals surface area (Å²) in [5, 5.41) is 13.2. The molecule has 98 valence electrons. The summed E-state index contributed by atoms with van der Waals surface area (Å²) in [6, 6.07) is 7.51. The number of amides is 1. The predicted octanol–water partition coefficient (Wildman–Crippen LogP) is 2.07. The molecule has 2 aromatic rings. The van der Waals surface area contributed by atoms with E-state index in [4.69, 9.17) is 0 Å². The molecule has 0 saturated carbocycles. The highest BCUT2D eigenvalue weighted by molar-refractivity contribution is 9.10. The quantitative estimate of drug-likeness (QED) is 0.793. The third-order valence-corrected chi connectivity index (χ3v) is 3.83. The molecule has 1 aliphatic heterocycles. The summed E-state index contributed by atoms with van der Waals surface area (Å²) < 4.78 is 0.853. The van der Waals surface area contributed by atoms with E-state index in [1.54, 1.807) is 0 Å². The molecule has 1 amide bonds. The third-order valence-electron chi connectivity index (χ3n) is 3.14. The van der Waals surface area contributed by atoms with Crippen molar-refractivity contribution in [2.75, 3.05) is 11.9 Å². The zero-order valence-electron chi connectivity index (χ0n) is 10.2. The van der Waals surface area contributed by atoms with Gasteiger partial charge in [0.15, 0.2) is 5.69 Å². The second-order valence-corrected chi connectivity index (χ2v) is 5.24. The third kappa shape index (κ3) is 2.41. The molecule has 2 heterocycles. The molecule has 3 rings (SSSR count). The Labute approximate surface area is 118 Å². The van der Waals surface area contributed by atoms with Crippen LogP contribution in [0.3, 0.4) is 0 Å². The van der Waals surface area contributed by atoms with Gasteiger partial charge in [0.05, 0.1) is 5.69 Å². The molecule has 1 aromatic carbocycles.